The van der Waals surface area contributed by atoms with Crippen LogP contribution in [0, 0.1) is 0 Å². The number of rotatable bonds is 5. The minimum atomic E-state index is -1.42. The van der Waals surface area contributed by atoms with Gasteiger partial charge in [-0.25, -0.2) is 15.2 Å². The van der Waals surface area contributed by atoms with Gasteiger partial charge in [-0.3, -0.25) is 14.3 Å². The van der Waals surface area contributed by atoms with Gasteiger partial charge in [0.25, 0.3) is 0 Å². The summed E-state index contributed by atoms with van der Waals surface area (Å²) in [5, 5.41) is 12.9. The number of carbonyl (C=O) groups excluding carboxylic acids is 2. The topological polar surface area (TPSA) is 105 Å². The molecule has 8 nitrogen and oxygen atoms in total. The van der Waals surface area contributed by atoms with E-state index in [0.717, 1.165) is 0 Å². The Kier molecular flexibility index (Phi) is 4.21. The van der Waals surface area contributed by atoms with E-state index in [0.29, 0.717) is 9.61 Å². The summed E-state index contributed by atoms with van der Waals surface area (Å²) in [7, 11) is 1.63. The number of amides is 2. The standard InChI is InChI=1S/C8H9BrN4O4/c1-12-7(9)5(2-10-12)6(15)3-13(4-14)11-8(16)17/h2,4,11H,3H2,1H3,(H,16,17). The van der Waals surface area contributed by atoms with Crippen molar-refractivity contribution in [3.63, 3.8) is 0 Å². The lowest BCUT2D eigenvalue weighted by Crippen LogP contribution is -2.43. The highest BCUT2D eigenvalue weighted by atomic mass is 79.9. The number of aromatic nitrogens is 2. The molecule has 0 aliphatic heterocycles. The average molecular weight is 305 g/mol. The Bertz CT molecular complexity index is 458. The second-order valence-corrected chi connectivity index (χ2v) is 3.80. The number of ketones is 1. The Morgan fingerprint density at radius 1 is 1.71 bits per heavy atom. The van der Waals surface area contributed by atoms with Gasteiger partial charge >= 0.3 is 6.09 Å². The molecule has 0 atom stereocenters. The van der Waals surface area contributed by atoms with Crippen LogP contribution in [0.4, 0.5) is 4.79 Å². The minimum absolute atomic E-state index is 0.219. The van der Waals surface area contributed by atoms with E-state index in [4.69, 9.17) is 5.11 Å². The average Bonchev–Trinajstić information content (AvgIpc) is 2.58. The summed E-state index contributed by atoms with van der Waals surface area (Å²) >= 11 is 3.15. The third-order valence-corrected chi connectivity index (χ3v) is 2.79. The van der Waals surface area contributed by atoms with Crippen molar-refractivity contribution in [2.45, 2.75) is 0 Å². The highest BCUT2D eigenvalue weighted by molar-refractivity contribution is 9.10. The summed E-state index contributed by atoms with van der Waals surface area (Å²) in [6.45, 7) is -0.403. The van der Waals surface area contributed by atoms with E-state index in [1.54, 1.807) is 12.5 Å². The molecule has 17 heavy (non-hydrogen) atoms. The Balaban J connectivity index is 2.74. The summed E-state index contributed by atoms with van der Waals surface area (Å²) in [5.74, 6) is -0.439. The van der Waals surface area contributed by atoms with Gasteiger partial charge in [0.1, 0.15) is 11.1 Å². The van der Waals surface area contributed by atoms with Gasteiger partial charge in [0.2, 0.25) is 6.41 Å². The second-order valence-electron chi connectivity index (χ2n) is 3.05. The molecule has 0 aliphatic rings. The lowest BCUT2D eigenvalue weighted by atomic mass is 10.2. The summed E-state index contributed by atoms with van der Waals surface area (Å²) in [6.07, 6.45) is 0.127. The van der Waals surface area contributed by atoms with Crippen LogP contribution in [-0.4, -0.2) is 44.7 Å². The monoisotopic (exact) mass is 304 g/mol. The molecule has 0 saturated heterocycles. The number of carboxylic acid groups (broad SMARTS) is 1. The van der Waals surface area contributed by atoms with Crippen LogP contribution >= 0.6 is 15.9 Å². The number of aryl methyl sites for hydroxylation is 1. The molecular weight excluding hydrogens is 296 g/mol. The third kappa shape index (κ3) is 3.28. The van der Waals surface area contributed by atoms with E-state index >= 15 is 0 Å². The normalized spacial score (nSPS) is 9.76. The third-order valence-electron chi connectivity index (χ3n) is 1.85. The number of carbonyl (C=O) groups is 3. The molecular formula is C8H9BrN4O4. The van der Waals surface area contributed by atoms with Gasteiger partial charge in [0, 0.05) is 7.05 Å². The van der Waals surface area contributed by atoms with Gasteiger partial charge in [-0.2, -0.15) is 5.10 Å². The van der Waals surface area contributed by atoms with Crippen molar-refractivity contribution in [2.24, 2.45) is 7.05 Å². The Labute approximate surface area is 104 Å². The maximum atomic E-state index is 11.7. The van der Waals surface area contributed by atoms with Crippen LogP contribution < -0.4 is 5.43 Å². The first-order valence-corrected chi connectivity index (χ1v) is 5.17. The molecule has 0 radical (unpaired) electrons. The van der Waals surface area contributed by atoms with Gasteiger partial charge < -0.3 is 5.11 Å². The molecule has 92 valence electrons. The fourth-order valence-corrected chi connectivity index (χ4v) is 1.49. The van der Waals surface area contributed by atoms with Gasteiger partial charge in [0.15, 0.2) is 5.78 Å². The minimum Gasteiger partial charge on any atom is -0.464 e. The molecule has 0 aliphatic carbocycles. The van der Waals surface area contributed by atoms with E-state index < -0.39 is 18.4 Å². The summed E-state index contributed by atoms with van der Waals surface area (Å²) in [6, 6.07) is 0. The molecule has 0 bridgehead atoms. The van der Waals surface area contributed by atoms with Gasteiger partial charge in [-0.05, 0) is 15.9 Å². The lowest BCUT2D eigenvalue weighted by Gasteiger charge is -2.14. The van der Waals surface area contributed by atoms with Crippen molar-refractivity contribution in [3.8, 4) is 0 Å². The fraction of sp³-hybridized carbons (Fsp3) is 0.250. The van der Waals surface area contributed by atoms with Gasteiger partial charge in [-0.15, -0.1) is 0 Å². The highest BCUT2D eigenvalue weighted by Gasteiger charge is 2.17. The summed E-state index contributed by atoms with van der Waals surface area (Å²) in [4.78, 5) is 32.5. The molecule has 2 amide bonds. The van der Waals surface area contributed by atoms with Gasteiger partial charge in [0.05, 0.1) is 11.8 Å². The SMILES string of the molecule is Cn1ncc(C(=O)CN(C=O)NC(=O)O)c1Br. The van der Waals surface area contributed by atoms with Crippen LogP contribution in [-0.2, 0) is 11.8 Å². The quantitative estimate of drug-likeness (QED) is 0.453. The Morgan fingerprint density at radius 2 is 2.35 bits per heavy atom. The molecule has 1 rings (SSSR count). The molecule has 0 saturated carbocycles. The summed E-state index contributed by atoms with van der Waals surface area (Å²) in [5.41, 5.74) is 2.04. The lowest BCUT2D eigenvalue weighted by molar-refractivity contribution is -0.119. The summed E-state index contributed by atoms with van der Waals surface area (Å²) < 4.78 is 1.90. The molecule has 1 aromatic rings. The highest BCUT2D eigenvalue weighted by Crippen LogP contribution is 2.15. The zero-order chi connectivity index (χ0) is 13.0. The van der Waals surface area contributed by atoms with Crippen LogP contribution in [0.25, 0.3) is 0 Å². The van der Waals surface area contributed by atoms with Crippen LogP contribution in [0.5, 0.6) is 0 Å². The number of Topliss-reactive ketones (excluding diaryl/α,β-unsaturated/α-hetero) is 1. The molecule has 2 N–H and O–H groups in total. The zero-order valence-corrected chi connectivity index (χ0v) is 10.3. The number of nitrogens with one attached hydrogen (secondary N) is 1. The number of hydrazine groups is 1. The molecule has 0 spiro atoms. The van der Waals surface area contributed by atoms with Crippen LogP contribution in [0.3, 0.4) is 0 Å². The smallest absolute Gasteiger partial charge is 0.423 e. The first-order chi connectivity index (χ1) is 7.95. The van der Waals surface area contributed by atoms with Crippen LogP contribution in [0.2, 0.25) is 0 Å². The molecule has 0 aromatic carbocycles. The molecule has 0 fully saturated rings. The molecule has 1 aromatic heterocycles. The van der Waals surface area contributed by atoms with Crippen molar-refractivity contribution >= 4 is 34.2 Å². The predicted molar refractivity (Wildman–Crippen MR) is 59.2 cm³/mol. The van der Waals surface area contributed by atoms with Crippen molar-refractivity contribution in [2.75, 3.05) is 6.54 Å². The van der Waals surface area contributed by atoms with Crippen molar-refractivity contribution in [1.29, 1.82) is 0 Å². The first-order valence-electron chi connectivity index (χ1n) is 4.38. The Hall–Kier alpha value is -1.90. The Morgan fingerprint density at radius 3 is 2.76 bits per heavy atom. The first kappa shape index (κ1) is 13.2. The van der Waals surface area contributed by atoms with E-state index in [-0.39, 0.29) is 12.0 Å². The van der Waals surface area contributed by atoms with Crippen molar-refractivity contribution in [1.82, 2.24) is 20.2 Å². The van der Waals surface area contributed by atoms with Crippen LogP contribution in [0.1, 0.15) is 10.4 Å². The number of hydrogen-bond donors (Lipinski definition) is 2. The number of halogens is 1. The fourth-order valence-electron chi connectivity index (χ4n) is 1.08. The maximum absolute atomic E-state index is 11.7. The molecule has 0 unspecified atom stereocenters. The van der Waals surface area contributed by atoms with E-state index in [1.807, 2.05) is 0 Å². The van der Waals surface area contributed by atoms with Crippen molar-refractivity contribution in [3.05, 3.63) is 16.4 Å². The van der Waals surface area contributed by atoms with E-state index in [2.05, 4.69) is 21.0 Å². The van der Waals surface area contributed by atoms with Crippen molar-refractivity contribution < 1.29 is 19.5 Å². The van der Waals surface area contributed by atoms with Crippen LogP contribution in [0.15, 0.2) is 10.8 Å². The maximum Gasteiger partial charge on any atom is 0.423 e. The predicted octanol–water partition coefficient (Wildman–Crippen LogP) is 0.00630. The zero-order valence-electron chi connectivity index (χ0n) is 8.75. The number of hydrogen-bond acceptors (Lipinski definition) is 4. The largest absolute Gasteiger partial charge is 0.464 e. The number of nitrogens with zero attached hydrogens (tertiary/aromatic N) is 3. The van der Waals surface area contributed by atoms with E-state index in [9.17, 15) is 14.4 Å². The molecule has 9 heteroatoms. The molecule has 1 heterocycles. The second kappa shape index (κ2) is 5.43. The van der Waals surface area contributed by atoms with E-state index in [1.165, 1.54) is 10.9 Å². The van der Waals surface area contributed by atoms with Gasteiger partial charge in [-0.1, -0.05) is 0 Å².